The number of rotatable bonds is 2. The van der Waals surface area contributed by atoms with Crippen molar-refractivity contribution in [2.24, 2.45) is 0 Å². The fraction of sp³-hybridized carbons (Fsp3) is 0.385. The fourth-order valence-corrected chi connectivity index (χ4v) is 2.31. The molecule has 0 bridgehead atoms. The Balaban J connectivity index is 1.83. The molecule has 2 N–H and O–H groups in total. The Hall–Kier alpha value is -1.68. The molecule has 4 nitrogen and oxygen atoms in total. The fourth-order valence-electron chi connectivity index (χ4n) is 2.31. The molecule has 0 aliphatic carbocycles. The van der Waals surface area contributed by atoms with Crippen LogP contribution in [0, 0.1) is 0 Å². The van der Waals surface area contributed by atoms with Gasteiger partial charge in [0.2, 0.25) is 0 Å². The molecule has 0 unspecified atom stereocenters. The van der Waals surface area contributed by atoms with Crippen LogP contribution in [0.3, 0.4) is 0 Å². The molecule has 0 spiro atoms. The van der Waals surface area contributed by atoms with Crippen molar-refractivity contribution < 1.29 is 0 Å². The Kier molecular flexibility index (Phi) is 2.88. The first-order valence-corrected chi connectivity index (χ1v) is 6.09. The van der Waals surface area contributed by atoms with Crippen LogP contribution in [0.5, 0.6) is 0 Å². The third-order valence-corrected chi connectivity index (χ3v) is 3.29. The molecule has 0 atom stereocenters. The second kappa shape index (κ2) is 4.67. The van der Waals surface area contributed by atoms with E-state index in [0.29, 0.717) is 5.92 Å². The minimum atomic E-state index is 0.571. The van der Waals surface area contributed by atoms with Gasteiger partial charge in [-0.2, -0.15) is 0 Å². The average molecular weight is 228 g/mol. The van der Waals surface area contributed by atoms with Crippen LogP contribution in [0.2, 0.25) is 0 Å². The summed E-state index contributed by atoms with van der Waals surface area (Å²) < 4.78 is 0. The summed E-state index contributed by atoms with van der Waals surface area (Å²) in [5.74, 6) is 1.69. The molecule has 4 heteroatoms. The summed E-state index contributed by atoms with van der Waals surface area (Å²) in [5, 5.41) is 3.37. The highest BCUT2D eigenvalue weighted by Crippen LogP contribution is 2.25. The number of H-pyrrole nitrogens is 1. The van der Waals surface area contributed by atoms with Gasteiger partial charge in [-0.05, 0) is 38.1 Å². The summed E-state index contributed by atoms with van der Waals surface area (Å²) in [6.07, 6.45) is 7.89. The lowest BCUT2D eigenvalue weighted by atomic mass is 9.98. The molecule has 2 aromatic rings. The summed E-state index contributed by atoms with van der Waals surface area (Å²) in [6, 6.07) is 3.99. The highest BCUT2D eigenvalue weighted by atomic mass is 14.9. The summed E-state index contributed by atoms with van der Waals surface area (Å²) in [7, 11) is 0. The SMILES string of the molecule is c1cncc(-c2cnc(C3CCNCC3)[nH]2)c1. The van der Waals surface area contributed by atoms with Gasteiger partial charge in [-0.25, -0.2) is 4.98 Å². The van der Waals surface area contributed by atoms with Crippen molar-refractivity contribution in [3.8, 4) is 11.3 Å². The molecule has 1 saturated heterocycles. The van der Waals surface area contributed by atoms with Crippen molar-refractivity contribution in [1.29, 1.82) is 0 Å². The van der Waals surface area contributed by atoms with Crippen molar-refractivity contribution in [2.75, 3.05) is 13.1 Å². The van der Waals surface area contributed by atoms with Crippen molar-refractivity contribution in [2.45, 2.75) is 18.8 Å². The maximum atomic E-state index is 4.51. The van der Waals surface area contributed by atoms with Crippen LogP contribution in [-0.2, 0) is 0 Å². The van der Waals surface area contributed by atoms with Gasteiger partial charge in [0, 0.05) is 23.9 Å². The van der Waals surface area contributed by atoms with Crippen molar-refractivity contribution in [3.05, 3.63) is 36.5 Å². The number of aromatic nitrogens is 3. The number of hydrogen-bond donors (Lipinski definition) is 2. The third-order valence-electron chi connectivity index (χ3n) is 3.29. The Labute approximate surface area is 101 Å². The van der Waals surface area contributed by atoms with E-state index in [9.17, 15) is 0 Å². The predicted molar refractivity (Wildman–Crippen MR) is 66.7 cm³/mol. The second-order valence-electron chi connectivity index (χ2n) is 4.45. The maximum absolute atomic E-state index is 4.51. The van der Waals surface area contributed by atoms with Gasteiger partial charge in [0.25, 0.3) is 0 Å². The lowest BCUT2D eigenvalue weighted by Crippen LogP contribution is -2.27. The predicted octanol–water partition coefficient (Wildman–Crippen LogP) is 1.94. The van der Waals surface area contributed by atoms with E-state index in [0.717, 1.165) is 30.2 Å². The topological polar surface area (TPSA) is 53.6 Å². The molecule has 88 valence electrons. The van der Waals surface area contributed by atoms with Crippen LogP contribution in [0.15, 0.2) is 30.7 Å². The Morgan fingerprint density at radius 2 is 2.06 bits per heavy atom. The molecule has 0 radical (unpaired) electrons. The summed E-state index contributed by atoms with van der Waals surface area (Å²) in [4.78, 5) is 12.1. The normalized spacial score (nSPS) is 17.2. The Morgan fingerprint density at radius 3 is 2.82 bits per heavy atom. The summed E-state index contributed by atoms with van der Waals surface area (Å²) in [5.41, 5.74) is 2.16. The zero-order valence-electron chi connectivity index (χ0n) is 9.69. The van der Waals surface area contributed by atoms with Gasteiger partial charge in [-0.1, -0.05) is 0 Å². The van der Waals surface area contributed by atoms with Gasteiger partial charge in [0.15, 0.2) is 0 Å². The minimum absolute atomic E-state index is 0.571. The van der Waals surface area contributed by atoms with E-state index in [1.165, 1.54) is 12.8 Å². The largest absolute Gasteiger partial charge is 0.342 e. The minimum Gasteiger partial charge on any atom is -0.342 e. The van der Waals surface area contributed by atoms with Crippen molar-refractivity contribution in [3.63, 3.8) is 0 Å². The molecule has 0 amide bonds. The molecule has 17 heavy (non-hydrogen) atoms. The first-order valence-electron chi connectivity index (χ1n) is 6.09. The van der Waals surface area contributed by atoms with Crippen molar-refractivity contribution in [1.82, 2.24) is 20.3 Å². The lowest BCUT2D eigenvalue weighted by Gasteiger charge is -2.20. The van der Waals surface area contributed by atoms with Crippen LogP contribution < -0.4 is 5.32 Å². The van der Waals surface area contributed by atoms with E-state index in [-0.39, 0.29) is 0 Å². The molecule has 1 fully saturated rings. The number of piperidine rings is 1. The molecule has 0 saturated carbocycles. The molecule has 2 aromatic heterocycles. The van der Waals surface area contributed by atoms with Crippen LogP contribution in [0.4, 0.5) is 0 Å². The van der Waals surface area contributed by atoms with E-state index in [1.807, 2.05) is 24.5 Å². The number of nitrogens with one attached hydrogen (secondary N) is 2. The van der Waals surface area contributed by atoms with Crippen LogP contribution in [0.25, 0.3) is 11.3 Å². The van der Waals surface area contributed by atoms with Crippen LogP contribution in [-0.4, -0.2) is 28.0 Å². The smallest absolute Gasteiger partial charge is 0.109 e. The molecule has 0 aromatic carbocycles. The van der Waals surface area contributed by atoms with Gasteiger partial charge in [0.1, 0.15) is 5.82 Å². The summed E-state index contributed by atoms with van der Waals surface area (Å²) >= 11 is 0. The Morgan fingerprint density at radius 1 is 1.18 bits per heavy atom. The van der Waals surface area contributed by atoms with Gasteiger partial charge >= 0.3 is 0 Å². The quantitative estimate of drug-likeness (QED) is 0.826. The highest BCUT2D eigenvalue weighted by molar-refractivity contribution is 5.56. The summed E-state index contributed by atoms with van der Waals surface area (Å²) in [6.45, 7) is 2.18. The van der Waals surface area contributed by atoms with E-state index in [2.05, 4.69) is 20.3 Å². The number of hydrogen-bond acceptors (Lipinski definition) is 3. The Bertz CT molecular complexity index is 471. The molecule has 1 aliphatic heterocycles. The van der Waals surface area contributed by atoms with Crippen LogP contribution >= 0.6 is 0 Å². The van der Waals surface area contributed by atoms with Gasteiger partial charge in [-0.15, -0.1) is 0 Å². The van der Waals surface area contributed by atoms with E-state index in [1.54, 1.807) is 6.20 Å². The second-order valence-corrected chi connectivity index (χ2v) is 4.45. The number of aromatic amines is 1. The standard InChI is InChI=1S/C13H16N4/c1-2-11(8-15-5-1)12-9-16-13(17-12)10-3-6-14-7-4-10/h1-2,5,8-10,14H,3-4,6-7H2,(H,16,17). The van der Waals surface area contributed by atoms with Gasteiger partial charge < -0.3 is 10.3 Å². The molecule has 3 rings (SSSR count). The number of imidazole rings is 1. The van der Waals surface area contributed by atoms with E-state index < -0.39 is 0 Å². The van der Waals surface area contributed by atoms with Gasteiger partial charge in [-0.3, -0.25) is 4.98 Å². The maximum Gasteiger partial charge on any atom is 0.109 e. The highest BCUT2D eigenvalue weighted by Gasteiger charge is 2.18. The zero-order chi connectivity index (χ0) is 11.5. The van der Waals surface area contributed by atoms with Crippen molar-refractivity contribution >= 4 is 0 Å². The third kappa shape index (κ3) is 2.22. The monoisotopic (exact) mass is 228 g/mol. The molecule has 3 heterocycles. The zero-order valence-corrected chi connectivity index (χ0v) is 9.69. The molecular weight excluding hydrogens is 212 g/mol. The average Bonchev–Trinajstić information content (AvgIpc) is 2.90. The van der Waals surface area contributed by atoms with E-state index in [4.69, 9.17) is 0 Å². The molecular formula is C13H16N4. The number of nitrogens with zero attached hydrogens (tertiary/aromatic N) is 2. The lowest BCUT2D eigenvalue weighted by molar-refractivity contribution is 0.447. The van der Waals surface area contributed by atoms with E-state index >= 15 is 0 Å². The first kappa shape index (κ1) is 10.5. The van der Waals surface area contributed by atoms with Gasteiger partial charge in [0.05, 0.1) is 11.9 Å². The van der Waals surface area contributed by atoms with Crippen LogP contribution in [0.1, 0.15) is 24.6 Å². The number of pyridine rings is 1. The first-order chi connectivity index (χ1) is 8.43. The molecule has 1 aliphatic rings.